The van der Waals surface area contributed by atoms with Crippen molar-refractivity contribution < 1.29 is 13.2 Å². The van der Waals surface area contributed by atoms with Crippen LogP contribution in [-0.4, -0.2) is 31.7 Å². The molecule has 0 saturated heterocycles. The quantitative estimate of drug-likeness (QED) is 0.606. The second-order valence-electron chi connectivity index (χ2n) is 6.70. The van der Waals surface area contributed by atoms with Gasteiger partial charge in [0.15, 0.2) is 0 Å². The fourth-order valence-electron chi connectivity index (χ4n) is 2.40. The minimum atomic E-state index is -3.46. The van der Waals surface area contributed by atoms with Crippen LogP contribution in [-0.2, 0) is 21.4 Å². The summed E-state index contributed by atoms with van der Waals surface area (Å²) in [6.45, 7) is 6.27. The van der Waals surface area contributed by atoms with Crippen LogP contribution in [0.5, 0.6) is 0 Å². The minimum Gasteiger partial charge on any atom is -0.352 e. The molecule has 0 aliphatic carbocycles. The average molecular weight is 369 g/mol. The van der Waals surface area contributed by atoms with Crippen LogP contribution in [0.15, 0.2) is 29.2 Å². The predicted molar refractivity (Wildman–Crippen MR) is 102 cm³/mol. The zero-order valence-corrected chi connectivity index (χ0v) is 16.7. The molecule has 0 fully saturated rings. The second-order valence-corrected chi connectivity index (χ2v) is 8.70. The smallest absolute Gasteiger partial charge is 0.243 e. The average Bonchev–Trinajstić information content (AvgIpc) is 2.59. The molecule has 0 atom stereocenters. The van der Waals surface area contributed by atoms with E-state index in [0.717, 1.165) is 18.4 Å². The number of nitrogens with one attached hydrogen (secondary N) is 1. The van der Waals surface area contributed by atoms with Crippen LogP contribution in [0.3, 0.4) is 0 Å². The molecule has 0 bridgehead atoms. The van der Waals surface area contributed by atoms with Gasteiger partial charge in [-0.25, -0.2) is 8.42 Å². The Bertz CT molecular complexity index is 625. The van der Waals surface area contributed by atoms with Crippen LogP contribution in [0.25, 0.3) is 0 Å². The monoisotopic (exact) mass is 368 g/mol. The molecule has 0 aromatic heterocycles. The zero-order valence-electron chi connectivity index (χ0n) is 15.9. The molecule has 0 aliphatic rings. The van der Waals surface area contributed by atoms with Crippen molar-refractivity contribution in [3.63, 3.8) is 0 Å². The summed E-state index contributed by atoms with van der Waals surface area (Å²) in [4.78, 5) is 12.1. The fourth-order valence-corrected chi connectivity index (χ4v) is 3.77. The summed E-state index contributed by atoms with van der Waals surface area (Å²) in [5, 5.41) is 2.89. The molecule has 1 aromatic rings. The summed E-state index contributed by atoms with van der Waals surface area (Å²) in [5.74, 6) is 0.0488. The van der Waals surface area contributed by atoms with Gasteiger partial charge in [0.25, 0.3) is 0 Å². The van der Waals surface area contributed by atoms with Crippen molar-refractivity contribution in [3.05, 3.63) is 29.8 Å². The normalized spacial score (nSPS) is 11.9. The first kappa shape index (κ1) is 21.6. The van der Waals surface area contributed by atoms with E-state index in [-0.39, 0.29) is 16.8 Å². The van der Waals surface area contributed by atoms with E-state index in [0.29, 0.717) is 13.0 Å². The molecule has 0 spiro atoms. The van der Waals surface area contributed by atoms with Gasteiger partial charge in [-0.05, 0) is 38.0 Å². The van der Waals surface area contributed by atoms with E-state index in [4.69, 9.17) is 0 Å². The number of nitrogens with zero attached hydrogens (tertiary/aromatic N) is 1. The molecule has 6 heteroatoms. The maximum Gasteiger partial charge on any atom is 0.243 e. The van der Waals surface area contributed by atoms with Crippen LogP contribution in [0, 0.1) is 0 Å². The van der Waals surface area contributed by atoms with Crippen molar-refractivity contribution in [2.75, 3.05) is 7.05 Å². The van der Waals surface area contributed by atoms with E-state index >= 15 is 0 Å². The third-order valence-corrected chi connectivity index (χ3v) is 6.37. The number of carbonyl (C=O) groups is 1. The second kappa shape index (κ2) is 10.6. The first-order valence-corrected chi connectivity index (χ1v) is 10.6. The van der Waals surface area contributed by atoms with Gasteiger partial charge in [0.05, 0.1) is 4.90 Å². The molecule has 0 unspecified atom stereocenters. The maximum absolute atomic E-state index is 12.4. The van der Waals surface area contributed by atoms with Crippen molar-refractivity contribution in [3.8, 4) is 0 Å². The largest absolute Gasteiger partial charge is 0.352 e. The maximum atomic E-state index is 12.4. The Morgan fingerprint density at radius 2 is 1.68 bits per heavy atom. The molecular weight excluding hydrogens is 336 g/mol. The van der Waals surface area contributed by atoms with Gasteiger partial charge in [0.2, 0.25) is 15.9 Å². The number of hydrogen-bond acceptors (Lipinski definition) is 3. The molecule has 0 heterocycles. The van der Waals surface area contributed by atoms with Crippen LogP contribution in [0.1, 0.15) is 64.9 Å². The van der Waals surface area contributed by atoms with Crippen LogP contribution in [0.2, 0.25) is 0 Å². The highest BCUT2D eigenvalue weighted by atomic mass is 32.2. The Hall–Kier alpha value is -1.40. The van der Waals surface area contributed by atoms with E-state index in [9.17, 15) is 13.2 Å². The third-order valence-electron chi connectivity index (χ3n) is 4.32. The summed E-state index contributed by atoms with van der Waals surface area (Å²) < 4.78 is 26.2. The summed E-state index contributed by atoms with van der Waals surface area (Å²) in [5.41, 5.74) is 0.894. The molecular formula is C19H32N2O3S. The number of benzene rings is 1. The highest BCUT2D eigenvalue weighted by molar-refractivity contribution is 7.89. The molecule has 25 heavy (non-hydrogen) atoms. The van der Waals surface area contributed by atoms with Crippen LogP contribution in [0.4, 0.5) is 0 Å². The SMILES string of the molecule is CCCCCCCC(=O)NCc1ccc(S(=O)(=O)N(C)C(C)C)cc1. The van der Waals surface area contributed by atoms with E-state index in [2.05, 4.69) is 12.2 Å². The highest BCUT2D eigenvalue weighted by Crippen LogP contribution is 2.17. The topological polar surface area (TPSA) is 66.5 Å². The van der Waals surface area contributed by atoms with Gasteiger partial charge in [0, 0.05) is 26.1 Å². The zero-order chi connectivity index (χ0) is 18.9. The van der Waals surface area contributed by atoms with Crippen molar-refractivity contribution >= 4 is 15.9 Å². The number of hydrogen-bond donors (Lipinski definition) is 1. The Kier molecular flexibility index (Phi) is 9.14. The molecule has 1 amide bonds. The number of rotatable bonds is 11. The Balaban J connectivity index is 2.48. The van der Waals surface area contributed by atoms with Crippen LogP contribution >= 0.6 is 0 Å². The number of sulfonamides is 1. The molecule has 0 aliphatic heterocycles. The van der Waals surface area contributed by atoms with E-state index in [1.807, 2.05) is 13.8 Å². The van der Waals surface area contributed by atoms with Gasteiger partial charge in [-0.1, -0.05) is 44.7 Å². The van der Waals surface area contributed by atoms with Gasteiger partial charge in [-0.3, -0.25) is 4.79 Å². The van der Waals surface area contributed by atoms with Gasteiger partial charge >= 0.3 is 0 Å². The lowest BCUT2D eigenvalue weighted by Gasteiger charge is -2.21. The lowest BCUT2D eigenvalue weighted by molar-refractivity contribution is -0.121. The predicted octanol–water partition coefficient (Wildman–Crippen LogP) is 3.69. The first-order valence-electron chi connectivity index (χ1n) is 9.12. The Morgan fingerprint density at radius 3 is 2.24 bits per heavy atom. The lowest BCUT2D eigenvalue weighted by Crippen LogP contribution is -2.33. The van der Waals surface area contributed by atoms with Gasteiger partial charge < -0.3 is 5.32 Å². The van der Waals surface area contributed by atoms with Crippen molar-refractivity contribution in [1.82, 2.24) is 9.62 Å². The van der Waals surface area contributed by atoms with E-state index in [1.54, 1.807) is 31.3 Å². The van der Waals surface area contributed by atoms with Crippen LogP contribution < -0.4 is 5.32 Å². The molecule has 0 radical (unpaired) electrons. The molecule has 142 valence electrons. The van der Waals surface area contributed by atoms with Gasteiger partial charge in [-0.2, -0.15) is 4.31 Å². The summed E-state index contributed by atoms with van der Waals surface area (Å²) in [6, 6.07) is 6.60. The van der Waals surface area contributed by atoms with Gasteiger partial charge in [-0.15, -0.1) is 0 Å². The standard InChI is InChI=1S/C19H32N2O3S/c1-5-6-7-8-9-10-19(22)20-15-17-11-13-18(14-12-17)25(23,24)21(4)16(2)3/h11-14,16H,5-10,15H2,1-4H3,(H,20,22). The van der Waals surface area contributed by atoms with Crippen molar-refractivity contribution in [2.24, 2.45) is 0 Å². The first-order chi connectivity index (χ1) is 11.8. The summed E-state index contributed by atoms with van der Waals surface area (Å²) in [6.07, 6.45) is 6.18. The van der Waals surface area contributed by atoms with E-state index < -0.39 is 10.0 Å². The fraction of sp³-hybridized carbons (Fsp3) is 0.632. The molecule has 5 nitrogen and oxygen atoms in total. The van der Waals surface area contributed by atoms with Crippen molar-refractivity contribution in [2.45, 2.75) is 76.8 Å². The molecule has 1 rings (SSSR count). The number of carbonyl (C=O) groups excluding carboxylic acids is 1. The minimum absolute atomic E-state index is 0.0488. The highest BCUT2D eigenvalue weighted by Gasteiger charge is 2.22. The van der Waals surface area contributed by atoms with Gasteiger partial charge in [0.1, 0.15) is 0 Å². The summed E-state index contributed by atoms with van der Waals surface area (Å²) in [7, 11) is -1.88. The number of unbranched alkanes of at least 4 members (excludes halogenated alkanes) is 4. The Labute approximate surface area is 152 Å². The lowest BCUT2D eigenvalue weighted by atomic mass is 10.1. The number of amides is 1. The molecule has 0 saturated carbocycles. The Morgan fingerprint density at radius 1 is 1.08 bits per heavy atom. The van der Waals surface area contributed by atoms with E-state index in [1.165, 1.54) is 23.6 Å². The third kappa shape index (κ3) is 7.16. The van der Waals surface area contributed by atoms with Crippen molar-refractivity contribution in [1.29, 1.82) is 0 Å². The molecule has 1 N–H and O–H groups in total. The summed E-state index contributed by atoms with van der Waals surface area (Å²) >= 11 is 0. The molecule has 1 aromatic carbocycles.